The van der Waals surface area contributed by atoms with Gasteiger partial charge in [0.25, 0.3) is 0 Å². The number of benzene rings is 1. The van der Waals surface area contributed by atoms with Crippen LogP contribution in [-0.2, 0) is 12.2 Å². The van der Waals surface area contributed by atoms with Crippen LogP contribution >= 0.6 is 34.7 Å². The molecule has 23 heavy (non-hydrogen) atoms. The zero-order valence-electron chi connectivity index (χ0n) is 12.5. The van der Waals surface area contributed by atoms with E-state index in [-0.39, 0.29) is 0 Å². The molecular formula is C14H14ClN5OS2. The fraction of sp³-hybridized carbons (Fsp3) is 0.286. The molecule has 1 N–H and O–H groups in total. The lowest BCUT2D eigenvalue weighted by Crippen LogP contribution is -1.92. The van der Waals surface area contributed by atoms with Gasteiger partial charge in [-0.1, -0.05) is 52.8 Å². The normalized spacial score (nSPS) is 10.9. The Morgan fingerprint density at radius 1 is 1.35 bits per heavy atom. The minimum absolute atomic E-state index is 0.581. The molecule has 0 spiro atoms. The summed E-state index contributed by atoms with van der Waals surface area (Å²) in [6, 6.07) is 5.72. The zero-order valence-corrected chi connectivity index (χ0v) is 14.9. The van der Waals surface area contributed by atoms with E-state index in [2.05, 4.69) is 25.7 Å². The van der Waals surface area contributed by atoms with Crippen molar-refractivity contribution in [2.75, 3.05) is 5.32 Å². The van der Waals surface area contributed by atoms with Crippen LogP contribution in [0.2, 0.25) is 5.02 Å². The van der Waals surface area contributed by atoms with Crippen molar-refractivity contribution in [2.24, 2.45) is 0 Å². The first-order valence-corrected chi connectivity index (χ1v) is 9.13. The molecule has 0 atom stereocenters. The molecule has 0 radical (unpaired) electrons. The SMILES string of the molecule is CCc1noc(CSc2nnc(Nc3cccc(Cl)c3C)s2)n1. The zero-order chi connectivity index (χ0) is 16.2. The van der Waals surface area contributed by atoms with Crippen molar-refractivity contribution < 1.29 is 4.52 Å². The molecule has 0 aliphatic rings. The molecule has 0 fully saturated rings. The van der Waals surface area contributed by atoms with Crippen molar-refractivity contribution in [3.8, 4) is 0 Å². The van der Waals surface area contributed by atoms with E-state index >= 15 is 0 Å². The number of nitrogens with one attached hydrogen (secondary N) is 1. The maximum Gasteiger partial charge on any atom is 0.237 e. The van der Waals surface area contributed by atoms with Gasteiger partial charge in [0.1, 0.15) is 0 Å². The molecule has 3 rings (SSSR count). The van der Waals surface area contributed by atoms with Gasteiger partial charge in [-0.2, -0.15) is 4.98 Å². The summed E-state index contributed by atoms with van der Waals surface area (Å²) >= 11 is 9.11. The number of halogens is 1. The van der Waals surface area contributed by atoms with Gasteiger partial charge in [0.2, 0.25) is 11.0 Å². The Morgan fingerprint density at radius 2 is 2.22 bits per heavy atom. The molecule has 0 aliphatic carbocycles. The van der Waals surface area contributed by atoms with Gasteiger partial charge in [-0.3, -0.25) is 0 Å². The second-order valence-corrected chi connectivity index (χ2v) is 7.26. The van der Waals surface area contributed by atoms with E-state index in [0.29, 0.717) is 11.6 Å². The lowest BCUT2D eigenvalue weighted by atomic mass is 10.2. The fourth-order valence-corrected chi connectivity index (χ4v) is 3.57. The number of rotatable bonds is 6. The van der Waals surface area contributed by atoms with Gasteiger partial charge < -0.3 is 9.84 Å². The largest absolute Gasteiger partial charge is 0.338 e. The summed E-state index contributed by atoms with van der Waals surface area (Å²) in [6.07, 6.45) is 0.764. The molecule has 2 heterocycles. The molecule has 0 amide bonds. The van der Waals surface area contributed by atoms with Gasteiger partial charge >= 0.3 is 0 Å². The smallest absolute Gasteiger partial charge is 0.237 e. The number of thioether (sulfide) groups is 1. The highest BCUT2D eigenvalue weighted by atomic mass is 35.5. The van der Waals surface area contributed by atoms with Crippen LogP contribution in [0.5, 0.6) is 0 Å². The molecule has 0 unspecified atom stereocenters. The van der Waals surface area contributed by atoms with Crippen molar-refractivity contribution in [2.45, 2.75) is 30.4 Å². The maximum absolute atomic E-state index is 6.12. The fourth-order valence-electron chi connectivity index (χ4n) is 1.79. The predicted molar refractivity (Wildman–Crippen MR) is 92.6 cm³/mol. The van der Waals surface area contributed by atoms with Gasteiger partial charge in [-0.25, -0.2) is 0 Å². The Kier molecular flexibility index (Phi) is 5.14. The van der Waals surface area contributed by atoms with E-state index in [1.54, 1.807) is 0 Å². The first kappa shape index (κ1) is 16.2. The van der Waals surface area contributed by atoms with Crippen molar-refractivity contribution in [1.29, 1.82) is 0 Å². The van der Waals surface area contributed by atoms with Crippen LogP contribution in [0.25, 0.3) is 0 Å². The van der Waals surface area contributed by atoms with Crippen molar-refractivity contribution in [3.63, 3.8) is 0 Å². The van der Waals surface area contributed by atoms with E-state index in [0.717, 1.165) is 38.0 Å². The Labute approximate surface area is 146 Å². The summed E-state index contributed by atoms with van der Waals surface area (Å²) in [5.41, 5.74) is 1.91. The molecule has 3 aromatic rings. The van der Waals surface area contributed by atoms with Gasteiger partial charge in [0.15, 0.2) is 10.2 Å². The van der Waals surface area contributed by atoms with E-state index in [1.165, 1.54) is 23.1 Å². The monoisotopic (exact) mass is 367 g/mol. The summed E-state index contributed by atoms with van der Waals surface area (Å²) in [7, 11) is 0. The topological polar surface area (TPSA) is 76.7 Å². The third-order valence-corrected chi connectivity index (χ3v) is 5.43. The minimum atomic E-state index is 0.581. The number of aromatic nitrogens is 4. The minimum Gasteiger partial charge on any atom is -0.338 e. The predicted octanol–water partition coefficient (Wildman–Crippen LogP) is 4.48. The summed E-state index contributed by atoms with van der Waals surface area (Å²) in [5, 5.41) is 16.8. The van der Waals surface area contributed by atoms with E-state index in [4.69, 9.17) is 16.1 Å². The molecule has 6 nitrogen and oxygen atoms in total. The first-order chi connectivity index (χ1) is 11.2. The van der Waals surface area contributed by atoms with Crippen LogP contribution in [0.3, 0.4) is 0 Å². The van der Waals surface area contributed by atoms with E-state index in [1.807, 2.05) is 32.0 Å². The Morgan fingerprint density at radius 3 is 3.00 bits per heavy atom. The van der Waals surface area contributed by atoms with E-state index < -0.39 is 0 Å². The van der Waals surface area contributed by atoms with Gasteiger partial charge in [0, 0.05) is 17.1 Å². The molecule has 9 heteroatoms. The first-order valence-electron chi connectivity index (χ1n) is 6.95. The molecule has 0 saturated heterocycles. The highest BCUT2D eigenvalue weighted by molar-refractivity contribution is 8.00. The Bertz CT molecular complexity index is 804. The van der Waals surface area contributed by atoms with Gasteiger partial charge in [-0.05, 0) is 24.6 Å². The van der Waals surface area contributed by atoms with Gasteiger partial charge in [-0.15, -0.1) is 10.2 Å². The number of aryl methyl sites for hydroxylation is 1. The maximum atomic E-state index is 6.12. The molecular weight excluding hydrogens is 354 g/mol. The molecule has 0 bridgehead atoms. The molecule has 120 valence electrons. The van der Waals surface area contributed by atoms with Crippen LogP contribution in [0.1, 0.15) is 24.2 Å². The van der Waals surface area contributed by atoms with Crippen LogP contribution in [0.4, 0.5) is 10.8 Å². The second-order valence-electron chi connectivity index (χ2n) is 4.66. The van der Waals surface area contributed by atoms with Crippen molar-refractivity contribution >= 4 is 45.5 Å². The van der Waals surface area contributed by atoms with Gasteiger partial charge in [0.05, 0.1) is 5.75 Å². The Hall–Kier alpha value is -1.64. The number of hydrogen-bond donors (Lipinski definition) is 1. The van der Waals surface area contributed by atoms with Crippen molar-refractivity contribution in [1.82, 2.24) is 20.3 Å². The van der Waals surface area contributed by atoms with Crippen LogP contribution in [-0.4, -0.2) is 20.3 Å². The standard InChI is InChI=1S/C14H14ClN5OS2/c1-3-11-17-12(21-20-11)7-22-14-19-18-13(23-14)16-10-6-4-5-9(15)8(10)2/h4-6H,3,7H2,1-2H3,(H,16,18). The number of nitrogens with zero attached hydrogens (tertiary/aromatic N) is 4. The summed E-state index contributed by atoms with van der Waals surface area (Å²) in [6.45, 7) is 3.95. The molecule has 0 aliphatic heterocycles. The summed E-state index contributed by atoms with van der Waals surface area (Å²) < 4.78 is 5.99. The third-order valence-electron chi connectivity index (χ3n) is 3.06. The van der Waals surface area contributed by atoms with E-state index in [9.17, 15) is 0 Å². The van der Waals surface area contributed by atoms with Crippen molar-refractivity contribution in [3.05, 3.63) is 40.5 Å². The summed E-state index contributed by atoms with van der Waals surface area (Å²) in [4.78, 5) is 4.27. The number of hydrogen-bond acceptors (Lipinski definition) is 8. The second kappa shape index (κ2) is 7.29. The average molecular weight is 368 g/mol. The molecule has 0 saturated carbocycles. The Balaban J connectivity index is 1.62. The number of anilines is 2. The summed E-state index contributed by atoms with van der Waals surface area (Å²) in [5.74, 6) is 1.90. The quantitative estimate of drug-likeness (QED) is 0.643. The molecule has 2 aromatic heterocycles. The average Bonchev–Trinajstić information content (AvgIpc) is 3.19. The highest BCUT2D eigenvalue weighted by Gasteiger charge is 2.10. The molecule has 1 aromatic carbocycles. The lowest BCUT2D eigenvalue weighted by molar-refractivity contribution is 0.385. The lowest BCUT2D eigenvalue weighted by Gasteiger charge is -2.06. The van der Waals surface area contributed by atoms with Crippen LogP contribution in [0, 0.1) is 6.92 Å². The highest BCUT2D eigenvalue weighted by Crippen LogP contribution is 2.31. The third kappa shape index (κ3) is 4.01. The van der Waals surface area contributed by atoms with Crippen LogP contribution in [0.15, 0.2) is 27.1 Å². The van der Waals surface area contributed by atoms with Crippen LogP contribution < -0.4 is 5.32 Å².